The SMILES string of the molecule is CCCC(C)(N)C(=O)NC(C)Cc1c(F)cccc1F. The third-order valence-electron chi connectivity index (χ3n) is 3.24. The van der Waals surface area contributed by atoms with Crippen LogP contribution >= 0.6 is 0 Å². The van der Waals surface area contributed by atoms with Gasteiger partial charge in [0.25, 0.3) is 0 Å². The lowest BCUT2D eigenvalue weighted by Gasteiger charge is -2.25. The van der Waals surface area contributed by atoms with Crippen molar-refractivity contribution in [3.63, 3.8) is 0 Å². The van der Waals surface area contributed by atoms with Crippen LogP contribution < -0.4 is 11.1 Å². The Kier molecular flexibility index (Phi) is 5.62. The Labute approximate surface area is 118 Å². The van der Waals surface area contributed by atoms with Gasteiger partial charge < -0.3 is 11.1 Å². The third kappa shape index (κ3) is 4.27. The van der Waals surface area contributed by atoms with E-state index in [1.165, 1.54) is 18.2 Å². The van der Waals surface area contributed by atoms with Crippen molar-refractivity contribution in [3.8, 4) is 0 Å². The van der Waals surface area contributed by atoms with Crippen molar-refractivity contribution in [2.45, 2.75) is 51.6 Å². The first-order valence-corrected chi connectivity index (χ1v) is 6.80. The number of hydrogen-bond donors (Lipinski definition) is 2. The van der Waals surface area contributed by atoms with Crippen molar-refractivity contribution >= 4 is 5.91 Å². The van der Waals surface area contributed by atoms with Crippen LogP contribution in [0.4, 0.5) is 8.78 Å². The van der Waals surface area contributed by atoms with E-state index in [0.29, 0.717) is 6.42 Å². The largest absolute Gasteiger partial charge is 0.352 e. The second-order valence-corrected chi connectivity index (χ2v) is 5.45. The van der Waals surface area contributed by atoms with Gasteiger partial charge in [-0.25, -0.2) is 8.78 Å². The molecule has 1 rings (SSSR count). The van der Waals surface area contributed by atoms with Crippen molar-refractivity contribution in [3.05, 3.63) is 35.4 Å². The number of nitrogens with two attached hydrogens (primary N) is 1. The van der Waals surface area contributed by atoms with Gasteiger partial charge in [0.05, 0.1) is 5.54 Å². The van der Waals surface area contributed by atoms with Gasteiger partial charge in [0.15, 0.2) is 0 Å². The molecule has 0 spiro atoms. The monoisotopic (exact) mass is 284 g/mol. The molecule has 3 nitrogen and oxygen atoms in total. The van der Waals surface area contributed by atoms with Crippen LogP contribution in [0.25, 0.3) is 0 Å². The lowest BCUT2D eigenvalue weighted by Crippen LogP contribution is -2.54. The highest BCUT2D eigenvalue weighted by Gasteiger charge is 2.28. The van der Waals surface area contributed by atoms with Crippen molar-refractivity contribution < 1.29 is 13.6 Å². The Morgan fingerprint density at radius 2 is 1.95 bits per heavy atom. The van der Waals surface area contributed by atoms with Gasteiger partial charge in [0.1, 0.15) is 11.6 Å². The first-order valence-electron chi connectivity index (χ1n) is 6.80. The summed E-state index contributed by atoms with van der Waals surface area (Å²) in [5.41, 5.74) is 4.93. The minimum atomic E-state index is -0.962. The van der Waals surface area contributed by atoms with Crippen LogP contribution in [-0.4, -0.2) is 17.5 Å². The normalized spacial score (nSPS) is 15.5. The molecule has 2 unspecified atom stereocenters. The zero-order valence-corrected chi connectivity index (χ0v) is 12.2. The molecule has 0 fully saturated rings. The first kappa shape index (κ1) is 16.6. The fourth-order valence-corrected chi connectivity index (χ4v) is 2.11. The van der Waals surface area contributed by atoms with Crippen molar-refractivity contribution in [1.29, 1.82) is 0 Å². The Bertz CT molecular complexity index is 455. The van der Waals surface area contributed by atoms with Gasteiger partial charge in [-0.15, -0.1) is 0 Å². The smallest absolute Gasteiger partial charge is 0.240 e. The van der Waals surface area contributed by atoms with Crippen molar-refractivity contribution in [2.75, 3.05) is 0 Å². The fourth-order valence-electron chi connectivity index (χ4n) is 2.11. The van der Waals surface area contributed by atoms with Crippen LogP contribution in [0, 0.1) is 11.6 Å². The number of carbonyl (C=O) groups is 1. The van der Waals surface area contributed by atoms with Crippen LogP contribution in [0.1, 0.15) is 39.2 Å². The first-order chi connectivity index (χ1) is 9.27. The van der Waals surface area contributed by atoms with E-state index in [4.69, 9.17) is 5.73 Å². The molecule has 112 valence electrons. The standard InChI is InChI=1S/C15H22F2N2O/c1-4-8-15(3,18)14(20)19-10(2)9-11-12(16)6-5-7-13(11)17/h5-7,10H,4,8-9,18H2,1-3H3,(H,19,20). The molecule has 0 heterocycles. The molecule has 0 aromatic heterocycles. The molecule has 0 aliphatic rings. The predicted molar refractivity (Wildman–Crippen MR) is 75.2 cm³/mol. The number of amides is 1. The lowest BCUT2D eigenvalue weighted by atomic mass is 9.95. The summed E-state index contributed by atoms with van der Waals surface area (Å²) < 4.78 is 27.1. The van der Waals surface area contributed by atoms with Crippen LogP contribution in [0.3, 0.4) is 0 Å². The molecule has 3 N–H and O–H groups in total. The maximum Gasteiger partial charge on any atom is 0.240 e. The second-order valence-electron chi connectivity index (χ2n) is 5.45. The summed E-state index contributed by atoms with van der Waals surface area (Å²) in [5.74, 6) is -1.51. The average molecular weight is 284 g/mol. The summed E-state index contributed by atoms with van der Waals surface area (Å²) in [6.45, 7) is 5.30. The minimum Gasteiger partial charge on any atom is -0.352 e. The summed E-state index contributed by atoms with van der Waals surface area (Å²) in [6, 6.07) is 3.33. The number of rotatable bonds is 6. The molecule has 1 aromatic rings. The number of carbonyl (C=O) groups excluding carboxylic acids is 1. The van der Waals surface area contributed by atoms with E-state index >= 15 is 0 Å². The zero-order valence-electron chi connectivity index (χ0n) is 12.2. The van der Waals surface area contributed by atoms with Gasteiger partial charge >= 0.3 is 0 Å². The maximum absolute atomic E-state index is 13.5. The van der Waals surface area contributed by atoms with E-state index in [1.54, 1.807) is 13.8 Å². The molecular formula is C15H22F2N2O. The topological polar surface area (TPSA) is 55.1 Å². The summed E-state index contributed by atoms with van der Waals surface area (Å²) in [4.78, 5) is 12.0. The summed E-state index contributed by atoms with van der Waals surface area (Å²) >= 11 is 0. The Morgan fingerprint density at radius 1 is 1.40 bits per heavy atom. The van der Waals surface area contributed by atoms with Gasteiger partial charge in [-0.1, -0.05) is 19.4 Å². The molecule has 5 heteroatoms. The molecule has 0 bridgehead atoms. The van der Waals surface area contributed by atoms with E-state index in [2.05, 4.69) is 5.32 Å². The quantitative estimate of drug-likeness (QED) is 0.843. The van der Waals surface area contributed by atoms with Crippen LogP contribution in [0.5, 0.6) is 0 Å². The van der Waals surface area contributed by atoms with Gasteiger partial charge in [-0.05, 0) is 38.8 Å². The van der Waals surface area contributed by atoms with E-state index in [9.17, 15) is 13.6 Å². The highest BCUT2D eigenvalue weighted by Crippen LogP contribution is 2.15. The molecule has 0 aliphatic carbocycles. The summed E-state index contributed by atoms with van der Waals surface area (Å²) in [5, 5.41) is 2.71. The van der Waals surface area contributed by atoms with Crippen molar-refractivity contribution in [1.82, 2.24) is 5.32 Å². The Morgan fingerprint density at radius 3 is 2.45 bits per heavy atom. The molecule has 1 aromatic carbocycles. The minimum absolute atomic E-state index is 0.0190. The maximum atomic E-state index is 13.5. The molecular weight excluding hydrogens is 262 g/mol. The lowest BCUT2D eigenvalue weighted by molar-refractivity contribution is -0.126. The predicted octanol–water partition coefficient (Wildman–Crippen LogP) is 2.53. The van der Waals surface area contributed by atoms with Crippen molar-refractivity contribution in [2.24, 2.45) is 5.73 Å². The van der Waals surface area contributed by atoms with Crippen LogP contribution in [0.15, 0.2) is 18.2 Å². The van der Waals surface area contributed by atoms with E-state index in [0.717, 1.165) is 6.42 Å². The highest BCUT2D eigenvalue weighted by molar-refractivity contribution is 5.85. The van der Waals surface area contributed by atoms with Crippen LogP contribution in [0.2, 0.25) is 0 Å². The summed E-state index contributed by atoms with van der Waals surface area (Å²) in [7, 11) is 0. The van der Waals surface area contributed by atoms with Gasteiger partial charge in [0, 0.05) is 11.6 Å². The molecule has 0 saturated carbocycles. The Hall–Kier alpha value is -1.49. The average Bonchev–Trinajstić information content (AvgIpc) is 2.34. The number of nitrogens with one attached hydrogen (secondary N) is 1. The molecule has 0 saturated heterocycles. The molecule has 0 aliphatic heterocycles. The molecule has 0 radical (unpaired) electrons. The van der Waals surface area contributed by atoms with Crippen LogP contribution in [-0.2, 0) is 11.2 Å². The Balaban J connectivity index is 2.69. The van der Waals surface area contributed by atoms with Gasteiger partial charge in [0.2, 0.25) is 5.91 Å². The third-order valence-corrected chi connectivity index (χ3v) is 3.24. The van der Waals surface area contributed by atoms with Gasteiger partial charge in [-0.2, -0.15) is 0 Å². The second kappa shape index (κ2) is 6.79. The summed E-state index contributed by atoms with van der Waals surface area (Å²) in [6.07, 6.45) is 1.43. The molecule has 1 amide bonds. The number of halogens is 2. The van der Waals surface area contributed by atoms with E-state index < -0.39 is 23.2 Å². The zero-order chi connectivity index (χ0) is 15.3. The highest BCUT2D eigenvalue weighted by atomic mass is 19.1. The number of hydrogen-bond acceptors (Lipinski definition) is 2. The van der Waals surface area contributed by atoms with E-state index in [1.807, 2.05) is 6.92 Å². The van der Waals surface area contributed by atoms with Gasteiger partial charge in [-0.3, -0.25) is 4.79 Å². The van der Waals surface area contributed by atoms with E-state index in [-0.39, 0.29) is 17.9 Å². The molecule has 2 atom stereocenters. The number of benzene rings is 1. The fraction of sp³-hybridized carbons (Fsp3) is 0.533. The molecule has 20 heavy (non-hydrogen) atoms.